The Bertz CT molecular complexity index is 903. The Morgan fingerprint density at radius 2 is 1.55 bits per heavy atom. The van der Waals surface area contributed by atoms with Gasteiger partial charge < -0.3 is 10.2 Å². The third kappa shape index (κ3) is 5.31. The van der Waals surface area contributed by atoms with E-state index in [-0.39, 0.29) is 30.4 Å². The zero-order valence-corrected chi connectivity index (χ0v) is 17.2. The predicted molar refractivity (Wildman–Crippen MR) is 113 cm³/mol. The molecule has 1 N–H and O–H groups in total. The van der Waals surface area contributed by atoms with Crippen LogP contribution in [-0.2, 0) is 24.2 Å². The molecular formula is C24H28N2O3. The molecule has 3 rings (SSSR count). The van der Waals surface area contributed by atoms with Crippen molar-refractivity contribution in [3.63, 3.8) is 0 Å². The summed E-state index contributed by atoms with van der Waals surface area (Å²) in [5.74, 6) is -0.177. The van der Waals surface area contributed by atoms with Crippen molar-refractivity contribution in [2.45, 2.75) is 45.1 Å². The van der Waals surface area contributed by atoms with Gasteiger partial charge in [-0.1, -0.05) is 24.3 Å². The molecule has 0 bridgehead atoms. The van der Waals surface area contributed by atoms with Gasteiger partial charge in [0.25, 0.3) is 5.91 Å². The second-order valence-corrected chi connectivity index (χ2v) is 7.64. The summed E-state index contributed by atoms with van der Waals surface area (Å²) in [5, 5.41) is 2.58. The van der Waals surface area contributed by atoms with Gasteiger partial charge in [-0.25, -0.2) is 0 Å². The van der Waals surface area contributed by atoms with Crippen molar-refractivity contribution in [1.29, 1.82) is 0 Å². The van der Waals surface area contributed by atoms with E-state index in [2.05, 4.69) is 11.4 Å². The summed E-state index contributed by atoms with van der Waals surface area (Å²) in [5.41, 5.74) is 4.87. The first kappa shape index (κ1) is 20.8. The normalized spacial score (nSPS) is 12.8. The molecule has 0 radical (unpaired) electrons. The molecule has 0 heterocycles. The molecule has 5 nitrogen and oxygen atoms in total. The fourth-order valence-electron chi connectivity index (χ4n) is 3.73. The molecule has 0 atom stereocenters. The second kappa shape index (κ2) is 9.50. The minimum absolute atomic E-state index is 0.0232. The van der Waals surface area contributed by atoms with Gasteiger partial charge in [0.15, 0.2) is 5.78 Å². The first-order valence-electron chi connectivity index (χ1n) is 10.2. The van der Waals surface area contributed by atoms with Crippen LogP contribution >= 0.6 is 0 Å². The van der Waals surface area contributed by atoms with Crippen LogP contribution in [0.4, 0.5) is 0 Å². The van der Waals surface area contributed by atoms with E-state index >= 15 is 0 Å². The quantitative estimate of drug-likeness (QED) is 0.733. The van der Waals surface area contributed by atoms with Gasteiger partial charge >= 0.3 is 0 Å². The number of nitrogens with one attached hydrogen (secondary N) is 1. The largest absolute Gasteiger partial charge is 0.355 e. The van der Waals surface area contributed by atoms with E-state index in [9.17, 15) is 14.4 Å². The molecule has 0 fully saturated rings. The maximum Gasteiger partial charge on any atom is 0.251 e. The van der Waals surface area contributed by atoms with E-state index in [1.165, 1.54) is 24.0 Å². The molecule has 1 aliphatic rings. The number of benzene rings is 2. The molecular weight excluding hydrogens is 364 g/mol. The Balaban J connectivity index is 1.52. The van der Waals surface area contributed by atoms with Crippen LogP contribution in [0.2, 0.25) is 0 Å². The van der Waals surface area contributed by atoms with Gasteiger partial charge in [0, 0.05) is 44.6 Å². The monoisotopic (exact) mass is 392 g/mol. The Kier molecular flexibility index (Phi) is 6.81. The maximum atomic E-state index is 12.5. The summed E-state index contributed by atoms with van der Waals surface area (Å²) in [6, 6.07) is 13.1. The fraction of sp³-hybridized carbons (Fsp3) is 0.375. The van der Waals surface area contributed by atoms with E-state index in [4.69, 9.17) is 0 Å². The van der Waals surface area contributed by atoms with Gasteiger partial charge in [0.1, 0.15) is 0 Å². The van der Waals surface area contributed by atoms with Crippen LogP contribution in [0.15, 0.2) is 42.5 Å². The molecule has 0 saturated heterocycles. The zero-order valence-electron chi connectivity index (χ0n) is 17.2. The van der Waals surface area contributed by atoms with E-state index in [1.54, 1.807) is 31.1 Å². The van der Waals surface area contributed by atoms with Crippen molar-refractivity contribution < 1.29 is 14.4 Å². The number of ketones is 1. The molecule has 2 aromatic rings. The summed E-state index contributed by atoms with van der Waals surface area (Å²) in [7, 11) is 3.33. The number of rotatable bonds is 7. The van der Waals surface area contributed by atoms with Crippen molar-refractivity contribution in [3.8, 4) is 0 Å². The van der Waals surface area contributed by atoms with Crippen LogP contribution in [0.3, 0.4) is 0 Å². The molecule has 0 saturated carbocycles. The third-order valence-electron chi connectivity index (χ3n) is 5.53. The van der Waals surface area contributed by atoms with Crippen molar-refractivity contribution in [1.82, 2.24) is 10.2 Å². The molecule has 0 unspecified atom stereocenters. The van der Waals surface area contributed by atoms with Gasteiger partial charge in [-0.3, -0.25) is 14.4 Å². The number of fused-ring (bicyclic) bond motifs is 1. The number of carbonyl (C=O) groups is 3. The van der Waals surface area contributed by atoms with Crippen LogP contribution < -0.4 is 5.32 Å². The highest BCUT2D eigenvalue weighted by Crippen LogP contribution is 2.23. The number of hydrogen-bond acceptors (Lipinski definition) is 3. The lowest BCUT2D eigenvalue weighted by Crippen LogP contribution is -2.26. The van der Waals surface area contributed by atoms with Gasteiger partial charge in [0.05, 0.1) is 0 Å². The van der Waals surface area contributed by atoms with Crippen LogP contribution in [0.1, 0.15) is 63.1 Å². The van der Waals surface area contributed by atoms with Crippen LogP contribution in [0, 0.1) is 0 Å². The molecule has 5 heteroatoms. The Labute approximate surface area is 172 Å². The lowest BCUT2D eigenvalue weighted by molar-refractivity contribution is -0.130. The summed E-state index contributed by atoms with van der Waals surface area (Å²) < 4.78 is 0. The Morgan fingerprint density at radius 3 is 2.24 bits per heavy atom. The molecule has 0 spiro atoms. The van der Waals surface area contributed by atoms with E-state index < -0.39 is 0 Å². The van der Waals surface area contributed by atoms with Crippen molar-refractivity contribution >= 4 is 17.6 Å². The number of nitrogens with zero attached hydrogens (tertiary/aromatic N) is 1. The number of hydrogen-bond donors (Lipinski definition) is 1. The molecule has 1 aliphatic carbocycles. The molecule has 0 aromatic heterocycles. The topological polar surface area (TPSA) is 66.5 Å². The Morgan fingerprint density at radius 1 is 0.897 bits per heavy atom. The smallest absolute Gasteiger partial charge is 0.251 e. The lowest BCUT2D eigenvalue weighted by atomic mass is 9.89. The molecule has 2 amide bonds. The number of aryl methyl sites for hydroxylation is 2. The van der Waals surface area contributed by atoms with Crippen LogP contribution in [0.25, 0.3) is 0 Å². The highest BCUT2D eigenvalue weighted by Gasteiger charge is 2.16. The van der Waals surface area contributed by atoms with Crippen molar-refractivity contribution in [2.24, 2.45) is 0 Å². The van der Waals surface area contributed by atoms with Gasteiger partial charge in [-0.05, 0) is 60.6 Å². The molecule has 152 valence electrons. The van der Waals surface area contributed by atoms with E-state index in [0.29, 0.717) is 17.7 Å². The number of carbonyl (C=O) groups excluding carboxylic acids is 3. The third-order valence-corrected chi connectivity index (χ3v) is 5.53. The van der Waals surface area contributed by atoms with Crippen LogP contribution in [-0.4, -0.2) is 36.6 Å². The minimum atomic E-state index is -0.137. The molecule has 2 aromatic carbocycles. The zero-order chi connectivity index (χ0) is 20.8. The van der Waals surface area contributed by atoms with E-state index in [0.717, 1.165) is 18.4 Å². The summed E-state index contributed by atoms with van der Waals surface area (Å²) in [6.07, 6.45) is 4.95. The van der Waals surface area contributed by atoms with Crippen molar-refractivity contribution in [3.05, 3.63) is 70.3 Å². The van der Waals surface area contributed by atoms with E-state index in [1.807, 2.05) is 24.3 Å². The minimum Gasteiger partial charge on any atom is -0.355 e. The van der Waals surface area contributed by atoms with Crippen LogP contribution in [0.5, 0.6) is 0 Å². The predicted octanol–water partition coefficient (Wildman–Crippen LogP) is 3.55. The highest BCUT2D eigenvalue weighted by atomic mass is 16.2. The van der Waals surface area contributed by atoms with Gasteiger partial charge in [-0.15, -0.1) is 0 Å². The number of amides is 2. The summed E-state index contributed by atoms with van der Waals surface area (Å²) >= 11 is 0. The SMILES string of the molecule is CNC(=O)c1ccc(CN(C)C(=O)CCC(=O)c2ccc3c(c2)CCCC3)cc1. The number of Topliss-reactive ketones (excluding diaryl/α,β-unsaturated/α-hetero) is 1. The Hall–Kier alpha value is -2.95. The fourth-order valence-corrected chi connectivity index (χ4v) is 3.73. The highest BCUT2D eigenvalue weighted by molar-refractivity contribution is 5.98. The first-order chi connectivity index (χ1) is 14.0. The summed E-state index contributed by atoms with van der Waals surface area (Å²) in [4.78, 5) is 38.2. The average molecular weight is 392 g/mol. The first-order valence-corrected chi connectivity index (χ1v) is 10.2. The maximum absolute atomic E-state index is 12.5. The average Bonchev–Trinajstić information content (AvgIpc) is 2.76. The molecule has 0 aliphatic heterocycles. The second-order valence-electron chi connectivity index (χ2n) is 7.64. The standard InChI is InChI=1S/C24H28N2O3/c1-25-24(29)19-9-7-17(8-10-19)16-26(2)23(28)14-13-22(27)21-12-11-18-5-3-4-6-20(18)15-21/h7-12,15H,3-6,13-14,16H2,1-2H3,(H,25,29). The summed E-state index contributed by atoms with van der Waals surface area (Å²) in [6.45, 7) is 0.444. The van der Waals surface area contributed by atoms with Crippen molar-refractivity contribution in [2.75, 3.05) is 14.1 Å². The van der Waals surface area contributed by atoms with Gasteiger partial charge in [-0.2, -0.15) is 0 Å². The molecule has 29 heavy (non-hydrogen) atoms. The van der Waals surface area contributed by atoms with Gasteiger partial charge in [0.2, 0.25) is 5.91 Å². The lowest BCUT2D eigenvalue weighted by Gasteiger charge is -2.18.